The van der Waals surface area contributed by atoms with Crippen molar-refractivity contribution in [1.29, 1.82) is 0 Å². The molecule has 0 fully saturated rings. The molecule has 0 saturated heterocycles. The maximum Gasteiger partial charge on any atom is 0.312 e. The molecular weight excluding hydrogens is 222 g/mol. The third-order valence-electron chi connectivity index (χ3n) is 3.09. The van der Waals surface area contributed by atoms with Crippen molar-refractivity contribution in [2.75, 3.05) is 13.2 Å². The highest BCUT2D eigenvalue weighted by Gasteiger charge is 2.29. The van der Waals surface area contributed by atoms with Gasteiger partial charge in [-0.05, 0) is 18.6 Å². The molecule has 17 heavy (non-hydrogen) atoms. The molecule has 1 atom stereocenters. The molecule has 92 valence electrons. The van der Waals surface area contributed by atoms with Crippen LogP contribution in [0.4, 0.5) is 0 Å². The molecule has 2 rings (SSSR count). The second-order valence-corrected chi connectivity index (χ2v) is 4.16. The normalized spacial score (nSPS) is 15.2. The third-order valence-corrected chi connectivity index (χ3v) is 3.09. The monoisotopic (exact) mass is 237 g/mol. The third kappa shape index (κ3) is 1.82. The maximum atomic E-state index is 11.2. The first-order valence-corrected chi connectivity index (χ1v) is 5.47. The fraction of sp³-hybridized carbons (Fsp3) is 0.417. The number of carboxylic acids is 1. The summed E-state index contributed by atoms with van der Waals surface area (Å²) in [5.41, 5.74) is 7.28. The Morgan fingerprint density at radius 3 is 2.94 bits per heavy atom. The van der Waals surface area contributed by atoms with E-state index in [1.54, 1.807) is 13.0 Å². The van der Waals surface area contributed by atoms with Gasteiger partial charge in [0.2, 0.25) is 0 Å². The van der Waals surface area contributed by atoms with Crippen molar-refractivity contribution in [2.24, 2.45) is 5.73 Å². The number of ether oxygens (including phenoxy) is 1. The molecule has 1 aliphatic heterocycles. The van der Waals surface area contributed by atoms with Crippen molar-refractivity contribution in [3.8, 4) is 11.5 Å². The lowest BCUT2D eigenvalue weighted by Gasteiger charge is -2.17. The van der Waals surface area contributed by atoms with Crippen molar-refractivity contribution in [3.63, 3.8) is 0 Å². The molecule has 1 aliphatic rings. The van der Waals surface area contributed by atoms with Gasteiger partial charge in [-0.25, -0.2) is 0 Å². The molecule has 0 aromatic heterocycles. The number of carboxylic acid groups (broad SMARTS) is 1. The Labute approximate surface area is 98.8 Å². The SMILES string of the molecule is Cc1cc2c(c(C(CN)C(=O)O)c1O)CCO2. The van der Waals surface area contributed by atoms with Crippen LogP contribution in [0, 0.1) is 6.92 Å². The zero-order valence-electron chi connectivity index (χ0n) is 9.56. The molecule has 0 radical (unpaired) electrons. The molecule has 0 aliphatic carbocycles. The number of phenolic OH excluding ortho intramolecular Hbond substituents is 1. The first kappa shape index (κ1) is 11.7. The number of fused-ring (bicyclic) bond motifs is 1. The number of phenols is 1. The number of carbonyl (C=O) groups is 1. The minimum atomic E-state index is -1.03. The summed E-state index contributed by atoms with van der Waals surface area (Å²) in [6, 6.07) is 1.73. The van der Waals surface area contributed by atoms with E-state index in [0.29, 0.717) is 29.9 Å². The fourth-order valence-corrected chi connectivity index (χ4v) is 2.21. The molecule has 1 aromatic rings. The van der Waals surface area contributed by atoms with E-state index in [9.17, 15) is 9.90 Å². The average Bonchev–Trinajstić information content (AvgIpc) is 2.71. The van der Waals surface area contributed by atoms with Gasteiger partial charge >= 0.3 is 5.97 Å². The van der Waals surface area contributed by atoms with Gasteiger partial charge in [-0.3, -0.25) is 4.79 Å². The summed E-state index contributed by atoms with van der Waals surface area (Å²) in [6.07, 6.45) is 0.613. The summed E-state index contributed by atoms with van der Waals surface area (Å²) in [6.45, 7) is 2.19. The highest BCUT2D eigenvalue weighted by molar-refractivity contribution is 5.79. The number of aryl methyl sites for hydroxylation is 1. The highest BCUT2D eigenvalue weighted by atomic mass is 16.5. The summed E-state index contributed by atoms with van der Waals surface area (Å²) < 4.78 is 5.40. The fourth-order valence-electron chi connectivity index (χ4n) is 2.21. The summed E-state index contributed by atoms with van der Waals surface area (Å²) in [5.74, 6) is -1.23. The van der Waals surface area contributed by atoms with Crippen LogP contribution in [0.5, 0.6) is 11.5 Å². The largest absolute Gasteiger partial charge is 0.507 e. The van der Waals surface area contributed by atoms with E-state index in [1.807, 2.05) is 0 Å². The lowest BCUT2D eigenvalue weighted by molar-refractivity contribution is -0.138. The van der Waals surface area contributed by atoms with E-state index >= 15 is 0 Å². The van der Waals surface area contributed by atoms with Crippen molar-refractivity contribution in [2.45, 2.75) is 19.3 Å². The van der Waals surface area contributed by atoms with E-state index in [4.69, 9.17) is 15.6 Å². The van der Waals surface area contributed by atoms with Crippen LogP contribution < -0.4 is 10.5 Å². The molecule has 1 unspecified atom stereocenters. The molecule has 5 heteroatoms. The minimum absolute atomic E-state index is 0.0205. The quantitative estimate of drug-likeness (QED) is 0.721. The lowest BCUT2D eigenvalue weighted by atomic mass is 9.90. The van der Waals surface area contributed by atoms with Gasteiger partial charge in [0.1, 0.15) is 11.5 Å². The predicted molar refractivity (Wildman–Crippen MR) is 61.5 cm³/mol. The average molecular weight is 237 g/mol. The van der Waals surface area contributed by atoms with E-state index in [1.165, 1.54) is 0 Å². The van der Waals surface area contributed by atoms with Crippen LogP contribution in [0.15, 0.2) is 6.07 Å². The number of hydrogen-bond donors (Lipinski definition) is 3. The molecule has 1 heterocycles. The van der Waals surface area contributed by atoms with Gasteiger partial charge in [0.25, 0.3) is 0 Å². The molecule has 0 saturated carbocycles. The van der Waals surface area contributed by atoms with Gasteiger partial charge in [-0.15, -0.1) is 0 Å². The van der Waals surface area contributed by atoms with Gasteiger partial charge in [0, 0.05) is 24.1 Å². The lowest BCUT2D eigenvalue weighted by Crippen LogP contribution is -2.22. The van der Waals surface area contributed by atoms with Crippen molar-refractivity contribution >= 4 is 5.97 Å². The second kappa shape index (κ2) is 4.25. The first-order valence-electron chi connectivity index (χ1n) is 5.47. The smallest absolute Gasteiger partial charge is 0.312 e. The summed E-state index contributed by atoms with van der Waals surface area (Å²) in [5, 5.41) is 19.2. The van der Waals surface area contributed by atoms with E-state index in [2.05, 4.69) is 0 Å². The van der Waals surface area contributed by atoms with Crippen LogP contribution in [0.3, 0.4) is 0 Å². The molecular formula is C12H15NO4. The van der Waals surface area contributed by atoms with Gasteiger partial charge in [-0.1, -0.05) is 0 Å². The van der Waals surface area contributed by atoms with Crippen molar-refractivity contribution < 1.29 is 19.7 Å². The van der Waals surface area contributed by atoms with E-state index in [-0.39, 0.29) is 12.3 Å². The number of nitrogens with two attached hydrogens (primary N) is 1. The zero-order chi connectivity index (χ0) is 12.6. The first-order chi connectivity index (χ1) is 8.06. The van der Waals surface area contributed by atoms with Crippen molar-refractivity contribution in [3.05, 3.63) is 22.8 Å². The molecule has 1 aromatic carbocycles. The zero-order valence-corrected chi connectivity index (χ0v) is 9.56. The maximum absolute atomic E-state index is 11.2. The molecule has 4 N–H and O–H groups in total. The molecule has 0 spiro atoms. The van der Waals surface area contributed by atoms with E-state index in [0.717, 1.165) is 5.56 Å². The van der Waals surface area contributed by atoms with Crippen LogP contribution in [0.25, 0.3) is 0 Å². The molecule has 0 bridgehead atoms. The van der Waals surface area contributed by atoms with Crippen LogP contribution in [0.1, 0.15) is 22.6 Å². The number of aliphatic carboxylic acids is 1. The predicted octanol–water partition coefficient (Wildman–Crippen LogP) is 0.762. The van der Waals surface area contributed by atoms with E-state index < -0.39 is 11.9 Å². The van der Waals surface area contributed by atoms with Gasteiger partial charge in [0.05, 0.1) is 12.5 Å². The molecule has 5 nitrogen and oxygen atoms in total. The Kier molecular flexibility index (Phi) is 2.93. The number of benzene rings is 1. The Hall–Kier alpha value is -1.75. The van der Waals surface area contributed by atoms with Crippen LogP contribution in [0.2, 0.25) is 0 Å². The van der Waals surface area contributed by atoms with Gasteiger partial charge in [0.15, 0.2) is 0 Å². The summed E-state index contributed by atoms with van der Waals surface area (Å²) in [4.78, 5) is 11.2. The Balaban J connectivity index is 2.63. The standard InChI is InChI=1S/C12H15NO4/c1-6-4-9-7(2-3-17-9)10(11(6)14)8(5-13)12(15)16/h4,8,14H,2-3,5,13H2,1H3,(H,15,16). The summed E-state index contributed by atoms with van der Waals surface area (Å²) >= 11 is 0. The minimum Gasteiger partial charge on any atom is -0.507 e. The van der Waals surface area contributed by atoms with Gasteiger partial charge < -0.3 is 20.7 Å². The summed E-state index contributed by atoms with van der Waals surface area (Å²) in [7, 11) is 0. The van der Waals surface area contributed by atoms with Gasteiger partial charge in [-0.2, -0.15) is 0 Å². The van der Waals surface area contributed by atoms with Crippen LogP contribution in [-0.4, -0.2) is 29.3 Å². The Morgan fingerprint density at radius 1 is 1.65 bits per heavy atom. The number of hydrogen-bond acceptors (Lipinski definition) is 4. The van der Waals surface area contributed by atoms with Crippen LogP contribution in [-0.2, 0) is 11.2 Å². The molecule has 0 amide bonds. The number of aromatic hydroxyl groups is 1. The Bertz CT molecular complexity index is 470. The highest BCUT2D eigenvalue weighted by Crippen LogP contribution is 2.40. The van der Waals surface area contributed by atoms with Crippen LogP contribution >= 0.6 is 0 Å². The van der Waals surface area contributed by atoms with Crippen molar-refractivity contribution in [1.82, 2.24) is 0 Å². The second-order valence-electron chi connectivity index (χ2n) is 4.16. The Morgan fingerprint density at radius 2 is 2.35 bits per heavy atom. The topological polar surface area (TPSA) is 92.8 Å². The number of rotatable bonds is 3.